The van der Waals surface area contributed by atoms with Crippen LogP contribution in [0.25, 0.3) is 55.7 Å². The Balaban J connectivity index is 0.000000394. The summed E-state index contributed by atoms with van der Waals surface area (Å²) in [5.74, 6) is 0.772. The van der Waals surface area contributed by atoms with Crippen LogP contribution >= 0.6 is 0 Å². The van der Waals surface area contributed by atoms with E-state index in [4.69, 9.17) is 18.9 Å². The molecule has 6 nitrogen and oxygen atoms in total. The molecular weight excluding hydrogens is 669 g/mol. The van der Waals surface area contributed by atoms with Crippen LogP contribution in [0.5, 0.6) is 0 Å². The first-order chi connectivity index (χ1) is 18.2. The fourth-order valence-corrected chi connectivity index (χ4v) is 4.58. The molecule has 0 unspecified atom stereocenters. The Morgan fingerprint density at radius 2 is 1.64 bits per heavy atom. The minimum atomic E-state index is -0.125. The summed E-state index contributed by atoms with van der Waals surface area (Å²) in [4.78, 5) is 19.4. The van der Waals surface area contributed by atoms with Crippen molar-refractivity contribution in [1.29, 1.82) is 0 Å². The van der Waals surface area contributed by atoms with Crippen LogP contribution in [0.15, 0.2) is 81.3 Å². The SMILES string of the molecule is CC(=O)/C=C(/C)O.Cc1ccc2c(n1)oc1c(-c3ccc4cc(-c5c(C)cccc5C)oc4n3)[c-]ccc12.[Ir]. The third kappa shape index (κ3) is 5.70. The predicted molar refractivity (Wildman–Crippen MR) is 150 cm³/mol. The molecule has 0 bridgehead atoms. The summed E-state index contributed by atoms with van der Waals surface area (Å²) in [7, 11) is 0. The maximum absolute atomic E-state index is 10.0. The van der Waals surface area contributed by atoms with Crippen molar-refractivity contribution in [2.45, 2.75) is 34.6 Å². The molecule has 0 aliphatic carbocycles. The fourth-order valence-electron chi connectivity index (χ4n) is 4.58. The van der Waals surface area contributed by atoms with Crippen LogP contribution in [0, 0.1) is 26.8 Å². The Morgan fingerprint density at radius 3 is 2.31 bits per heavy atom. The molecule has 0 saturated heterocycles. The number of fused-ring (bicyclic) bond motifs is 4. The molecule has 0 aliphatic rings. The number of rotatable bonds is 3. The predicted octanol–water partition coefficient (Wildman–Crippen LogP) is 8.22. The van der Waals surface area contributed by atoms with Gasteiger partial charge in [-0.3, -0.25) is 9.78 Å². The Kier molecular flexibility index (Phi) is 8.14. The smallest absolute Gasteiger partial charge is 0.217 e. The standard InChI is InChI=1S/C27H19N2O2.C5H8O2.Ir/c1-15-6-4-7-16(2)24(15)23-14-18-11-13-22(29-26(18)30-23)21-9-5-8-19-20-12-10-17(3)28-27(20)31-25(19)21;1-4(6)3-5(2)7;/h4-8,10-14H,1-3H3;3,6H,1-2H3;/q-1;;/b;4-3-;. The molecule has 6 aromatic rings. The largest absolute Gasteiger partial charge is 0.512 e. The summed E-state index contributed by atoms with van der Waals surface area (Å²) in [6.07, 6.45) is 1.17. The van der Waals surface area contributed by atoms with Crippen molar-refractivity contribution < 1.29 is 38.8 Å². The first-order valence-electron chi connectivity index (χ1n) is 12.3. The van der Waals surface area contributed by atoms with Gasteiger partial charge in [0.05, 0.1) is 11.3 Å². The number of aliphatic hydroxyl groups excluding tert-OH is 1. The van der Waals surface area contributed by atoms with Crippen LogP contribution in [-0.2, 0) is 24.9 Å². The van der Waals surface area contributed by atoms with Crippen LogP contribution in [-0.4, -0.2) is 20.9 Å². The van der Waals surface area contributed by atoms with Gasteiger partial charge in [0.25, 0.3) is 0 Å². The van der Waals surface area contributed by atoms with Gasteiger partial charge in [0.2, 0.25) is 11.4 Å². The molecule has 0 spiro atoms. The van der Waals surface area contributed by atoms with Crippen molar-refractivity contribution in [2.75, 3.05) is 0 Å². The van der Waals surface area contributed by atoms with Gasteiger partial charge in [0, 0.05) is 48.2 Å². The summed E-state index contributed by atoms with van der Waals surface area (Å²) in [5, 5.41) is 11.3. The summed E-state index contributed by atoms with van der Waals surface area (Å²) in [6.45, 7) is 9.00. The number of aryl methyl sites for hydroxylation is 3. The van der Waals surface area contributed by atoms with Gasteiger partial charge < -0.3 is 13.9 Å². The Hall–Kier alpha value is -4.06. The van der Waals surface area contributed by atoms with Crippen molar-refractivity contribution in [3.05, 3.63) is 95.4 Å². The van der Waals surface area contributed by atoms with E-state index in [1.54, 1.807) is 0 Å². The van der Waals surface area contributed by atoms with Crippen molar-refractivity contribution in [3.63, 3.8) is 0 Å². The number of carbonyl (C=O) groups is 1. The molecule has 199 valence electrons. The van der Waals surface area contributed by atoms with Gasteiger partial charge in [-0.25, -0.2) is 4.98 Å². The van der Waals surface area contributed by atoms with Crippen molar-refractivity contribution in [3.8, 4) is 22.6 Å². The first kappa shape index (κ1) is 28.0. The maximum Gasteiger partial charge on any atom is 0.217 e. The number of ketones is 1. The number of aliphatic hydroxyl groups is 1. The third-order valence-electron chi connectivity index (χ3n) is 6.22. The van der Waals surface area contributed by atoms with Gasteiger partial charge in [0.1, 0.15) is 5.76 Å². The number of allylic oxidation sites excluding steroid dienone is 2. The molecule has 0 aliphatic heterocycles. The zero-order valence-corrected chi connectivity index (χ0v) is 24.6. The van der Waals surface area contributed by atoms with E-state index >= 15 is 0 Å². The molecule has 39 heavy (non-hydrogen) atoms. The van der Waals surface area contributed by atoms with E-state index in [0.717, 1.165) is 50.0 Å². The van der Waals surface area contributed by atoms with Crippen LogP contribution in [0.3, 0.4) is 0 Å². The molecule has 6 rings (SSSR count). The van der Waals surface area contributed by atoms with Gasteiger partial charge in [0.15, 0.2) is 5.78 Å². The van der Waals surface area contributed by atoms with Crippen molar-refractivity contribution in [1.82, 2.24) is 9.97 Å². The average molecular weight is 696 g/mol. The van der Waals surface area contributed by atoms with Gasteiger partial charge in [-0.05, 0) is 69.6 Å². The third-order valence-corrected chi connectivity index (χ3v) is 6.22. The Bertz CT molecular complexity index is 1840. The first-order valence-corrected chi connectivity index (χ1v) is 12.3. The summed E-state index contributed by atoms with van der Waals surface area (Å²) < 4.78 is 12.3. The number of furan rings is 2. The second kappa shape index (κ2) is 11.4. The van der Waals surface area contributed by atoms with Gasteiger partial charge in [-0.2, -0.15) is 0 Å². The molecule has 1 radical (unpaired) electrons. The summed E-state index contributed by atoms with van der Waals surface area (Å²) in [5.41, 5.74) is 7.95. The quantitative estimate of drug-likeness (QED) is 0.114. The topological polar surface area (TPSA) is 89.4 Å². The average Bonchev–Trinajstić information content (AvgIpc) is 3.43. The normalized spacial score (nSPS) is 11.4. The molecular formula is C32H27IrN2O4-. The molecule has 1 N–H and O–H groups in total. The number of nitrogens with zero attached hydrogens (tertiary/aromatic N) is 2. The minimum Gasteiger partial charge on any atom is -0.512 e. The summed E-state index contributed by atoms with van der Waals surface area (Å²) >= 11 is 0. The molecule has 2 aromatic carbocycles. The number of hydrogen-bond donors (Lipinski definition) is 1. The van der Waals surface area contributed by atoms with Crippen molar-refractivity contribution >= 4 is 39.0 Å². The van der Waals surface area contributed by atoms with Gasteiger partial charge in [-0.1, -0.05) is 41.3 Å². The number of pyridine rings is 2. The fraction of sp³-hybridized carbons (Fsp3) is 0.156. The van der Waals surface area contributed by atoms with E-state index in [9.17, 15) is 4.79 Å². The van der Waals surface area contributed by atoms with Crippen LogP contribution in [0.1, 0.15) is 30.7 Å². The molecule has 4 aromatic heterocycles. The van der Waals surface area contributed by atoms with E-state index in [1.165, 1.54) is 31.1 Å². The Labute approximate surface area is 239 Å². The van der Waals surface area contributed by atoms with E-state index in [2.05, 4.69) is 49.2 Å². The van der Waals surface area contributed by atoms with Crippen LogP contribution in [0.4, 0.5) is 0 Å². The monoisotopic (exact) mass is 696 g/mol. The molecule has 4 heterocycles. The summed E-state index contributed by atoms with van der Waals surface area (Å²) in [6, 6.07) is 23.6. The van der Waals surface area contributed by atoms with Gasteiger partial charge >= 0.3 is 0 Å². The minimum absolute atomic E-state index is 0. The number of hydrogen-bond acceptors (Lipinski definition) is 6. The van der Waals surface area contributed by atoms with Crippen molar-refractivity contribution in [2.24, 2.45) is 0 Å². The van der Waals surface area contributed by atoms with E-state index in [1.807, 2.05) is 43.3 Å². The van der Waals surface area contributed by atoms with E-state index < -0.39 is 0 Å². The second-order valence-corrected chi connectivity index (χ2v) is 9.37. The second-order valence-electron chi connectivity index (χ2n) is 9.37. The molecule has 0 fully saturated rings. The Morgan fingerprint density at radius 1 is 0.897 bits per heavy atom. The molecule has 0 amide bonds. The number of carbonyl (C=O) groups excluding carboxylic acids is 1. The zero-order valence-electron chi connectivity index (χ0n) is 22.3. The van der Waals surface area contributed by atoms with Crippen LogP contribution in [0.2, 0.25) is 0 Å². The molecule has 7 heteroatoms. The van der Waals surface area contributed by atoms with Crippen LogP contribution < -0.4 is 0 Å². The molecule has 0 atom stereocenters. The maximum atomic E-state index is 10.0. The van der Waals surface area contributed by atoms with Gasteiger partial charge in [-0.15, -0.1) is 18.2 Å². The number of aromatic nitrogens is 2. The molecule has 0 saturated carbocycles. The van der Waals surface area contributed by atoms with E-state index in [-0.39, 0.29) is 31.6 Å². The number of benzene rings is 2. The zero-order chi connectivity index (χ0) is 27.0. The van der Waals surface area contributed by atoms with E-state index in [0.29, 0.717) is 11.4 Å².